The Kier molecular flexibility index (Phi) is 3.34. The molecule has 3 aliphatic carbocycles. The number of allylic oxidation sites excluding steroid dienone is 1. The Morgan fingerprint density at radius 3 is 2.63 bits per heavy atom. The number of aliphatic hydroxyl groups excluding tert-OH is 2. The summed E-state index contributed by atoms with van der Waals surface area (Å²) in [6.07, 6.45) is 4.47. The van der Waals surface area contributed by atoms with E-state index in [1.54, 1.807) is 0 Å². The third-order valence-corrected chi connectivity index (χ3v) is 5.41. The second-order valence-corrected chi connectivity index (χ2v) is 6.78. The van der Waals surface area contributed by atoms with Crippen LogP contribution < -0.4 is 0 Å². The van der Waals surface area contributed by atoms with Gasteiger partial charge >= 0.3 is 0 Å². The van der Waals surface area contributed by atoms with Crippen molar-refractivity contribution in [3.63, 3.8) is 0 Å². The SMILES string of the molecule is CC1(C)O[C@H]2[C@H](O)C3C4C=C[C@](CO)(C4)C3[C@H]2O1.[Y]. The molecule has 1 saturated heterocycles. The summed E-state index contributed by atoms with van der Waals surface area (Å²) in [5.74, 6) is 0.134. The Morgan fingerprint density at radius 1 is 1.26 bits per heavy atom. The van der Waals surface area contributed by atoms with Gasteiger partial charge in [-0.25, -0.2) is 0 Å². The van der Waals surface area contributed by atoms with Crippen molar-refractivity contribution in [3.05, 3.63) is 12.2 Å². The first kappa shape index (κ1) is 14.6. The van der Waals surface area contributed by atoms with E-state index in [-0.39, 0.29) is 68.8 Å². The quantitative estimate of drug-likeness (QED) is 0.689. The maximum absolute atomic E-state index is 10.5. The van der Waals surface area contributed by atoms with Crippen molar-refractivity contribution in [2.24, 2.45) is 23.2 Å². The van der Waals surface area contributed by atoms with Crippen molar-refractivity contribution in [2.45, 2.75) is 44.4 Å². The molecule has 4 aliphatic rings. The predicted molar refractivity (Wildman–Crippen MR) is 63.6 cm³/mol. The fraction of sp³-hybridized carbons (Fsp3) is 0.857. The number of rotatable bonds is 1. The maximum Gasteiger partial charge on any atom is 0.163 e. The minimum atomic E-state index is -0.622. The van der Waals surface area contributed by atoms with Crippen LogP contribution in [0.25, 0.3) is 0 Å². The Balaban J connectivity index is 0.00000110. The number of aliphatic hydroxyl groups is 2. The summed E-state index contributed by atoms with van der Waals surface area (Å²) in [5, 5.41) is 20.3. The molecule has 5 heteroatoms. The largest absolute Gasteiger partial charge is 0.395 e. The minimum Gasteiger partial charge on any atom is -0.395 e. The first-order chi connectivity index (χ1) is 8.47. The van der Waals surface area contributed by atoms with Crippen molar-refractivity contribution in [3.8, 4) is 0 Å². The van der Waals surface area contributed by atoms with Crippen LogP contribution in [0.4, 0.5) is 0 Å². The van der Waals surface area contributed by atoms with Gasteiger partial charge in [-0.05, 0) is 26.2 Å². The monoisotopic (exact) mass is 341 g/mol. The third-order valence-electron chi connectivity index (χ3n) is 5.41. The van der Waals surface area contributed by atoms with Gasteiger partial charge in [-0.15, -0.1) is 0 Å². The van der Waals surface area contributed by atoms with E-state index in [0.29, 0.717) is 5.92 Å². The van der Waals surface area contributed by atoms with E-state index < -0.39 is 11.9 Å². The molecule has 0 spiro atoms. The van der Waals surface area contributed by atoms with Gasteiger partial charge in [0.05, 0.1) is 18.8 Å². The van der Waals surface area contributed by atoms with Gasteiger partial charge in [-0.1, -0.05) is 12.2 Å². The van der Waals surface area contributed by atoms with Gasteiger partial charge in [0.1, 0.15) is 6.10 Å². The summed E-state index contributed by atoms with van der Waals surface area (Å²) in [6, 6.07) is 0. The summed E-state index contributed by atoms with van der Waals surface area (Å²) >= 11 is 0. The van der Waals surface area contributed by atoms with Crippen molar-refractivity contribution in [1.82, 2.24) is 0 Å². The zero-order valence-corrected chi connectivity index (χ0v) is 14.2. The summed E-state index contributed by atoms with van der Waals surface area (Å²) in [6.45, 7) is 3.92. The first-order valence-corrected chi connectivity index (χ1v) is 6.81. The number of hydrogen-bond donors (Lipinski definition) is 2. The molecule has 0 amide bonds. The van der Waals surface area contributed by atoms with Crippen molar-refractivity contribution in [2.75, 3.05) is 6.61 Å². The molecule has 7 atom stereocenters. The summed E-state index contributed by atoms with van der Waals surface area (Å²) in [7, 11) is 0. The molecule has 1 aliphatic heterocycles. The smallest absolute Gasteiger partial charge is 0.163 e. The molecular weight excluding hydrogens is 321 g/mol. The molecule has 4 rings (SSSR count). The van der Waals surface area contributed by atoms with Crippen LogP contribution in [0.3, 0.4) is 0 Å². The van der Waals surface area contributed by atoms with E-state index in [0.717, 1.165) is 6.42 Å². The number of ether oxygens (including phenoxy) is 2. The van der Waals surface area contributed by atoms with Gasteiger partial charge in [0, 0.05) is 50.0 Å². The minimum absolute atomic E-state index is 0. The fourth-order valence-electron chi connectivity index (χ4n) is 4.86. The van der Waals surface area contributed by atoms with Crippen LogP contribution in [0.15, 0.2) is 12.2 Å². The molecule has 2 saturated carbocycles. The Bertz CT molecular complexity index is 424. The van der Waals surface area contributed by atoms with Gasteiger partial charge in [0.15, 0.2) is 5.79 Å². The number of fused-ring (bicyclic) bond motifs is 7. The van der Waals surface area contributed by atoms with Gasteiger partial charge in [-0.2, -0.15) is 0 Å². The van der Waals surface area contributed by atoms with E-state index in [2.05, 4.69) is 12.2 Å². The van der Waals surface area contributed by atoms with E-state index >= 15 is 0 Å². The summed E-state index contributed by atoms with van der Waals surface area (Å²) < 4.78 is 11.9. The molecule has 0 aromatic carbocycles. The van der Waals surface area contributed by atoms with Crippen LogP contribution in [-0.4, -0.2) is 40.9 Å². The van der Waals surface area contributed by atoms with E-state index in [9.17, 15) is 10.2 Å². The summed E-state index contributed by atoms with van der Waals surface area (Å²) in [4.78, 5) is 0. The van der Waals surface area contributed by atoms with Crippen LogP contribution in [0.2, 0.25) is 0 Å². The Labute approximate surface area is 138 Å². The molecule has 0 aromatic heterocycles. The van der Waals surface area contributed by atoms with Crippen molar-refractivity contribution < 1.29 is 52.4 Å². The standard InChI is InChI=1S/C14H20O4.Y/c1-13(2)17-11-9-8(10(16)12(11)18-13)7-3-4-14(9,5-7)6-15;/h3-4,7-12,15-16H,5-6H2,1-2H3;/t7?,8?,9?,10-,11-,12+,14-;/m1./s1. The predicted octanol–water partition coefficient (Wildman–Crippen LogP) is 0.679. The summed E-state index contributed by atoms with van der Waals surface area (Å²) in [5.41, 5.74) is -0.195. The molecule has 0 aromatic rings. The normalized spacial score (nSPS) is 56.0. The Morgan fingerprint density at radius 2 is 1.95 bits per heavy atom. The second-order valence-electron chi connectivity index (χ2n) is 6.78. The van der Waals surface area contributed by atoms with Crippen LogP contribution >= 0.6 is 0 Å². The van der Waals surface area contributed by atoms with Crippen LogP contribution in [0.1, 0.15) is 20.3 Å². The molecular formula is C14H20O4Y. The van der Waals surface area contributed by atoms with E-state index in [4.69, 9.17) is 9.47 Å². The van der Waals surface area contributed by atoms with Gasteiger partial charge in [0.2, 0.25) is 0 Å². The Hall–Kier alpha value is 0.684. The topological polar surface area (TPSA) is 58.9 Å². The second kappa shape index (κ2) is 4.34. The maximum atomic E-state index is 10.5. The average Bonchev–Trinajstić information content (AvgIpc) is 2.99. The van der Waals surface area contributed by atoms with Gasteiger partial charge in [-0.3, -0.25) is 0 Å². The molecule has 1 heterocycles. The van der Waals surface area contributed by atoms with Crippen molar-refractivity contribution >= 4 is 0 Å². The molecule has 2 bridgehead atoms. The van der Waals surface area contributed by atoms with Crippen molar-refractivity contribution in [1.29, 1.82) is 0 Å². The molecule has 3 fully saturated rings. The number of hydrogen-bond acceptors (Lipinski definition) is 4. The third kappa shape index (κ3) is 1.74. The van der Waals surface area contributed by atoms with Gasteiger partial charge in [0.25, 0.3) is 0 Å². The molecule has 2 N–H and O–H groups in total. The van der Waals surface area contributed by atoms with E-state index in [1.807, 2.05) is 13.8 Å². The zero-order valence-electron chi connectivity index (χ0n) is 11.3. The molecule has 4 nitrogen and oxygen atoms in total. The molecule has 1 radical (unpaired) electrons. The van der Waals surface area contributed by atoms with Crippen LogP contribution in [-0.2, 0) is 42.2 Å². The average molecular weight is 341 g/mol. The van der Waals surface area contributed by atoms with Crippen LogP contribution in [0.5, 0.6) is 0 Å². The first-order valence-electron chi connectivity index (χ1n) is 6.81. The molecule has 103 valence electrons. The fourth-order valence-corrected chi connectivity index (χ4v) is 4.86. The molecule has 3 unspecified atom stereocenters. The molecule has 19 heavy (non-hydrogen) atoms. The zero-order chi connectivity index (χ0) is 12.7. The van der Waals surface area contributed by atoms with Crippen LogP contribution in [0, 0.1) is 23.2 Å². The van der Waals surface area contributed by atoms with E-state index in [1.165, 1.54) is 0 Å². The van der Waals surface area contributed by atoms with Gasteiger partial charge < -0.3 is 19.7 Å².